The molecule has 146 valence electrons. The maximum atomic E-state index is 12.9. The van der Waals surface area contributed by atoms with E-state index in [-0.39, 0.29) is 23.1 Å². The molecule has 0 heterocycles. The molecule has 2 aromatic carbocycles. The van der Waals surface area contributed by atoms with E-state index < -0.39 is 15.9 Å². The highest BCUT2D eigenvalue weighted by atomic mass is 35.5. The summed E-state index contributed by atoms with van der Waals surface area (Å²) in [6, 6.07) is 10.4. The van der Waals surface area contributed by atoms with Gasteiger partial charge >= 0.3 is 0 Å². The van der Waals surface area contributed by atoms with E-state index in [9.17, 15) is 17.6 Å². The number of carbonyl (C=O) groups is 1. The van der Waals surface area contributed by atoms with Crippen molar-refractivity contribution in [3.05, 3.63) is 58.9 Å². The molecule has 1 N–H and O–H groups in total. The number of ether oxygens (including phenoxy) is 1. The molecule has 0 aliphatic carbocycles. The van der Waals surface area contributed by atoms with Crippen LogP contribution >= 0.6 is 11.6 Å². The normalized spacial score (nSPS) is 11.1. The lowest BCUT2D eigenvalue weighted by molar-refractivity contribution is -0.119. The fourth-order valence-corrected chi connectivity index (χ4v) is 3.49. The molecule has 0 bridgehead atoms. The minimum Gasteiger partial charge on any atom is -0.495 e. The Morgan fingerprint density at radius 1 is 1.22 bits per heavy atom. The Hall–Kier alpha value is -2.32. The zero-order chi connectivity index (χ0) is 20.0. The second kappa shape index (κ2) is 9.05. The van der Waals surface area contributed by atoms with Crippen molar-refractivity contribution in [1.82, 2.24) is 5.32 Å². The number of methoxy groups -OCH3 is 1. The molecule has 9 heteroatoms. The summed E-state index contributed by atoms with van der Waals surface area (Å²) in [5.74, 6) is -0.392. The first kappa shape index (κ1) is 21.0. The summed E-state index contributed by atoms with van der Waals surface area (Å²) < 4.78 is 43.1. The number of benzene rings is 2. The predicted octanol–water partition coefficient (Wildman–Crippen LogP) is 2.61. The van der Waals surface area contributed by atoms with Crippen LogP contribution in [0.1, 0.15) is 5.56 Å². The van der Waals surface area contributed by atoms with E-state index in [2.05, 4.69) is 5.32 Å². The molecule has 0 spiro atoms. The molecule has 0 saturated heterocycles. The Morgan fingerprint density at radius 3 is 2.44 bits per heavy atom. The van der Waals surface area contributed by atoms with Gasteiger partial charge in [0.05, 0.1) is 24.1 Å². The lowest BCUT2D eigenvalue weighted by Gasteiger charge is -2.22. The number of amides is 1. The third-order valence-corrected chi connectivity index (χ3v) is 5.20. The maximum Gasteiger partial charge on any atom is 0.240 e. The van der Waals surface area contributed by atoms with E-state index >= 15 is 0 Å². The highest BCUT2D eigenvalue weighted by Gasteiger charge is 2.21. The summed E-state index contributed by atoms with van der Waals surface area (Å²) in [7, 11) is -2.25. The highest BCUT2D eigenvalue weighted by Crippen LogP contribution is 2.30. The summed E-state index contributed by atoms with van der Waals surface area (Å²) in [5.41, 5.74) is 1.12. The first-order chi connectivity index (χ1) is 12.7. The minimum atomic E-state index is -3.70. The van der Waals surface area contributed by atoms with Crippen LogP contribution in [0, 0.1) is 5.82 Å². The molecule has 0 aromatic heterocycles. The Labute approximate surface area is 162 Å². The SMILES string of the molecule is COc1ccc(N(CC(=O)NCCc2ccc(F)cc2)S(C)(=O)=O)cc1Cl. The lowest BCUT2D eigenvalue weighted by Crippen LogP contribution is -2.41. The molecule has 0 atom stereocenters. The van der Waals surface area contributed by atoms with Crippen LogP contribution in [0.2, 0.25) is 5.02 Å². The number of nitrogens with one attached hydrogen (secondary N) is 1. The average molecular weight is 415 g/mol. The van der Waals surface area contributed by atoms with E-state index in [1.54, 1.807) is 12.1 Å². The van der Waals surface area contributed by atoms with Gasteiger partial charge in [-0.05, 0) is 42.3 Å². The number of rotatable bonds is 8. The summed E-state index contributed by atoms with van der Waals surface area (Å²) in [6.07, 6.45) is 1.51. The van der Waals surface area contributed by atoms with Crippen molar-refractivity contribution < 1.29 is 22.3 Å². The van der Waals surface area contributed by atoms with E-state index in [0.717, 1.165) is 16.1 Å². The Balaban J connectivity index is 2.02. The van der Waals surface area contributed by atoms with Gasteiger partial charge in [-0.15, -0.1) is 0 Å². The molecule has 2 aromatic rings. The van der Waals surface area contributed by atoms with Crippen molar-refractivity contribution in [2.75, 3.05) is 30.8 Å². The summed E-state index contributed by atoms with van der Waals surface area (Å²) in [6.45, 7) is -0.0870. The van der Waals surface area contributed by atoms with Crippen molar-refractivity contribution in [1.29, 1.82) is 0 Å². The molecule has 1 amide bonds. The van der Waals surface area contributed by atoms with Crippen LogP contribution in [-0.4, -0.2) is 40.8 Å². The van der Waals surface area contributed by atoms with Gasteiger partial charge in [-0.25, -0.2) is 12.8 Å². The summed E-state index contributed by atoms with van der Waals surface area (Å²) in [5, 5.41) is 2.90. The quantitative estimate of drug-likeness (QED) is 0.720. The average Bonchev–Trinajstić information content (AvgIpc) is 2.60. The van der Waals surface area contributed by atoms with Gasteiger partial charge in [0.25, 0.3) is 0 Å². The predicted molar refractivity (Wildman–Crippen MR) is 103 cm³/mol. The van der Waals surface area contributed by atoms with Crippen LogP contribution in [-0.2, 0) is 21.2 Å². The minimum absolute atomic E-state index is 0.236. The number of halogens is 2. The third-order valence-electron chi connectivity index (χ3n) is 3.76. The van der Waals surface area contributed by atoms with Crippen molar-refractivity contribution in [2.45, 2.75) is 6.42 Å². The first-order valence-electron chi connectivity index (χ1n) is 8.03. The number of anilines is 1. The van der Waals surface area contributed by atoms with Crippen LogP contribution < -0.4 is 14.4 Å². The van der Waals surface area contributed by atoms with E-state index in [1.165, 1.54) is 37.4 Å². The molecule has 6 nitrogen and oxygen atoms in total. The van der Waals surface area contributed by atoms with Crippen LogP contribution in [0.5, 0.6) is 5.75 Å². The van der Waals surface area contributed by atoms with Crippen LogP contribution in [0.25, 0.3) is 0 Å². The first-order valence-corrected chi connectivity index (χ1v) is 10.3. The smallest absolute Gasteiger partial charge is 0.240 e. The van der Waals surface area contributed by atoms with Crippen molar-refractivity contribution in [2.24, 2.45) is 0 Å². The Kier molecular flexibility index (Phi) is 7.04. The van der Waals surface area contributed by atoms with Gasteiger partial charge in [-0.2, -0.15) is 0 Å². The van der Waals surface area contributed by atoms with Gasteiger partial charge in [-0.3, -0.25) is 9.10 Å². The molecule has 0 aliphatic rings. The van der Waals surface area contributed by atoms with Crippen molar-refractivity contribution in [3.63, 3.8) is 0 Å². The highest BCUT2D eigenvalue weighted by molar-refractivity contribution is 7.92. The van der Waals surface area contributed by atoms with Crippen LogP contribution in [0.15, 0.2) is 42.5 Å². The molecule has 0 fully saturated rings. The molecule has 27 heavy (non-hydrogen) atoms. The molecule has 0 saturated carbocycles. The number of hydrogen-bond acceptors (Lipinski definition) is 4. The molecule has 0 unspecified atom stereocenters. The zero-order valence-corrected chi connectivity index (χ0v) is 16.5. The van der Waals surface area contributed by atoms with Crippen LogP contribution in [0.3, 0.4) is 0 Å². The largest absolute Gasteiger partial charge is 0.495 e. The number of hydrogen-bond donors (Lipinski definition) is 1. The molecular weight excluding hydrogens is 395 g/mol. The monoisotopic (exact) mass is 414 g/mol. The molecular formula is C18H20ClFN2O4S. The van der Waals surface area contributed by atoms with Gasteiger partial charge in [0.15, 0.2) is 0 Å². The zero-order valence-electron chi connectivity index (χ0n) is 14.9. The van der Waals surface area contributed by atoms with Crippen molar-refractivity contribution in [3.8, 4) is 5.75 Å². The maximum absolute atomic E-state index is 12.9. The Morgan fingerprint density at radius 2 is 1.89 bits per heavy atom. The number of carbonyl (C=O) groups excluding carboxylic acids is 1. The Bertz CT molecular complexity index is 904. The third kappa shape index (κ3) is 6.11. The fourth-order valence-electron chi connectivity index (χ4n) is 2.39. The fraction of sp³-hybridized carbons (Fsp3) is 0.278. The lowest BCUT2D eigenvalue weighted by atomic mass is 10.1. The molecule has 0 aliphatic heterocycles. The summed E-state index contributed by atoms with van der Waals surface area (Å²) in [4.78, 5) is 12.2. The van der Waals surface area contributed by atoms with E-state index in [0.29, 0.717) is 18.7 Å². The van der Waals surface area contributed by atoms with Gasteiger partial charge < -0.3 is 10.1 Å². The van der Waals surface area contributed by atoms with Gasteiger partial charge in [0, 0.05) is 6.54 Å². The number of nitrogens with zero attached hydrogens (tertiary/aromatic N) is 1. The standard InChI is InChI=1S/C18H20ClFN2O4S/c1-26-17-8-7-15(11-16(17)19)22(27(2,24)25)12-18(23)21-10-9-13-3-5-14(20)6-4-13/h3-8,11H,9-10,12H2,1-2H3,(H,21,23). The second-order valence-corrected chi connectivity index (χ2v) is 8.13. The van der Waals surface area contributed by atoms with E-state index in [4.69, 9.17) is 16.3 Å². The summed E-state index contributed by atoms with van der Waals surface area (Å²) >= 11 is 6.05. The molecule has 0 radical (unpaired) electrons. The van der Waals surface area contributed by atoms with Crippen molar-refractivity contribution >= 4 is 33.2 Å². The number of sulfonamides is 1. The van der Waals surface area contributed by atoms with Gasteiger partial charge in [-0.1, -0.05) is 23.7 Å². The van der Waals surface area contributed by atoms with Gasteiger partial charge in [0.1, 0.15) is 18.1 Å². The van der Waals surface area contributed by atoms with Gasteiger partial charge in [0.2, 0.25) is 15.9 Å². The van der Waals surface area contributed by atoms with E-state index in [1.807, 2.05) is 0 Å². The topological polar surface area (TPSA) is 75.7 Å². The van der Waals surface area contributed by atoms with Crippen LogP contribution in [0.4, 0.5) is 10.1 Å². The second-order valence-electron chi connectivity index (χ2n) is 5.81. The molecule has 2 rings (SSSR count).